The number of ether oxygens (including phenoxy) is 1. The Morgan fingerprint density at radius 2 is 2.32 bits per heavy atom. The molecule has 1 aromatic carbocycles. The summed E-state index contributed by atoms with van der Waals surface area (Å²) in [5, 5.41) is 2.98. The third-order valence-corrected chi connectivity index (χ3v) is 3.59. The van der Waals surface area contributed by atoms with Crippen LogP contribution in [-0.4, -0.2) is 25.2 Å². The van der Waals surface area contributed by atoms with Gasteiger partial charge in [0.15, 0.2) is 0 Å². The van der Waals surface area contributed by atoms with E-state index in [9.17, 15) is 4.79 Å². The van der Waals surface area contributed by atoms with Crippen molar-refractivity contribution in [2.45, 2.75) is 26.4 Å². The zero-order valence-electron chi connectivity index (χ0n) is 11.6. The van der Waals surface area contributed by atoms with Crippen LogP contribution in [0.3, 0.4) is 0 Å². The highest BCUT2D eigenvalue weighted by atomic mass is 16.5. The van der Waals surface area contributed by atoms with Crippen LogP contribution in [-0.2, 0) is 4.74 Å². The minimum atomic E-state index is -0.0679. The van der Waals surface area contributed by atoms with Gasteiger partial charge >= 0.3 is 0 Å². The number of hydrogen-bond acceptors (Lipinski definition) is 3. The molecule has 0 aromatic heterocycles. The predicted molar refractivity (Wildman–Crippen MR) is 75.9 cm³/mol. The molecule has 0 aliphatic carbocycles. The van der Waals surface area contributed by atoms with E-state index in [2.05, 4.69) is 19.2 Å². The van der Waals surface area contributed by atoms with E-state index in [1.54, 1.807) is 24.3 Å². The molecular weight excluding hydrogens is 240 g/mol. The first-order valence-corrected chi connectivity index (χ1v) is 6.83. The van der Waals surface area contributed by atoms with Crippen LogP contribution in [0.1, 0.15) is 30.6 Å². The van der Waals surface area contributed by atoms with Crippen molar-refractivity contribution in [2.24, 2.45) is 11.8 Å². The molecule has 0 bridgehead atoms. The van der Waals surface area contributed by atoms with Crippen molar-refractivity contribution in [3.8, 4) is 0 Å². The van der Waals surface area contributed by atoms with Crippen molar-refractivity contribution in [1.82, 2.24) is 5.32 Å². The monoisotopic (exact) mass is 262 g/mol. The molecule has 1 saturated heterocycles. The number of nitrogen functional groups attached to an aromatic ring is 1. The highest BCUT2D eigenvalue weighted by Gasteiger charge is 2.30. The second kappa shape index (κ2) is 6.06. The predicted octanol–water partition coefficient (Wildman–Crippen LogP) is 2.06. The fourth-order valence-corrected chi connectivity index (χ4v) is 2.62. The van der Waals surface area contributed by atoms with Crippen LogP contribution in [0.15, 0.2) is 24.3 Å². The standard InChI is InChI=1S/C15H22N2O2/c1-10(2)14-12(6-7-19-14)9-17-15(18)11-4-3-5-13(16)8-11/h3-5,8,10,12,14H,6-7,9,16H2,1-2H3,(H,17,18). The van der Waals surface area contributed by atoms with E-state index >= 15 is 0 Å². The van der Waals surface area contributed by atoms with E-state index in [1.807, 2.05) is 0 Å². The lowest BCUT2D eigenvalue weighted by Gasteiger charge is -2.22. The highest BCUT2D eigenvalue weighted by molar-refractivity contribution is 5.94. The van der Waals surface area contributed by atoms with Gasteiger partial charge in [0.25, 0.3) is 5.91 Å². The van der Waals surface area contributed by atoms with Crippen LogP contribution in [0.2, 0.25) is 0 Å². The lowest BCUT2D eigenvalue weighted by atomic mass is 9.93. The second-order valence-electron chi connectivity index (χ2n) is 5.46. The third kappa shape index (κ3) is 3.47. The third-order valence-electron chi connectivity index (χ3n) is 3.59. The molecule has 19 heavy (non-hydrogen) atoms. The molecule has 1 heterocycles. The fourth-order valence-electron chi connectivity index (χ4n) is 2.62. The van der Waals surface area contributed by atoms with Gasteiger partial charge in [0.1, 0.15) is 0 Å². The average Bonchev–Trinajstić information content (AvgIpc) is 2.84. The Kier molecular flexibility index (Phi) is 4.43. The molecule has 1 fully saturated rings. The van der Waals surface area contributed by atoms with E-state index in [-0.39, 0.29) is 12.0 Å². The molecule has 0 saturated carbocycles. The van der Waals surface area contributed by atoms with Crippen molar-refractivity contribution in [3.63, 3.8) is 0 Å². The molecule has 3 N–H and O–H groups in total. The number of nitrogens with one attached hydrogen (secondary N) is 1. The van der Waals surface area contributed by atoms with Crippen LogP contribution in [0.5, 0.6) is 0 Å². The normalized spacial score (nSPS) is 22.7. The molecule has 1 aromatic rings. The van der Waals surface area contributed by atoms with Crippen molar-refractivity contribution < 1.29 is 9.53 Å². The van der Waals surface area contributed by atoms with Gasteiger partial charge in [-0.25, -0.2) is 0 Å². The second-order valence-corrected chi connectivity index (χ2v) is 5.46. The Morgan fingerprint density at radius 1 is 1.53 bits per heavy atom. The van der Waals surface area contributed by atoms with Gasteiger partial charge in [-0.15, -0.1) is 0 Å². The Bertz CT molecular complexity index is 446. The summed E-state index contributed by atoms with van der Waals surface area (Å²) in [6, 6.07) is 7.04. The number of rotatable bonds is 4. The topological polar surface area (TPSA) is 64.3 Å². The number of benzene rings is 1. The number of hydrogen-bond donors (Lipinski definition) is 2. The van der Waals surface area contributed by atoms with Gasteiger partial charge in [0, 0.05) is 30.3 Å². The first-order chi connectivity index (χ1) is 9.08. The van der Waals surface area contributed by atoms with Crippen LogP contribution >= 0.6 is 0 Å². The van der Waals surface area contributed by atoms with E-state index in [0.717, 1.165) is 13.0 Å². The van der Waals surface area contributed by atoms with E-state index in [1.165, 1.54) is 0 Å². The Morgan fingerprint density at radius 3 is 3.00 bits per heavy atom. The molecule has 4 heteroatoms. The maximum Gasteiger partial charge on any atom is 0.251 e. The van der Waals surface area contributed by atoms with Crippen molar-refractivity contribution in [1.29, 1.82) is 0 Å². The highest BCUT2D eigenvalue weighted by Crippen LogP contribution is 2.26. The SMILES string of the molecule is CC(C)C1OCCC1CNC(=O)c1cccc(N)c1. The summed E-state index contributed by atoms with van der Waals surface area (Å²) in [4.78, 5) is 12.0. The average molecular weight is 262 g/mol. The van der Waals surface area contributed by atoms with Gasteiger partial charge in [0.05, 0.1) is 6.10 Å². The molecule has 2 unspecified atom stereocenters. The van der Waals surface area contributed by atoms with E-state index in [4.69, 9.17) is 10.5 Å². The Balaban J connectivity index is 1.90. The Labute approximate surface area is 114 Å². The summed E-state index contributed by atoms with van der Waals surface area (Å²) < 4.78 is 5.71. The lowest BCUT2D eigenvalue weighted by molar-refractivity contribution is 0.0533. The summed E-state index contributed by atoms with van der Waals surface area (Å²) in [6.07, 6.45) is 1.27. The van der Waals surface area contributed by atoms with Gasteiger partial charge < -0.3 is 15.8 Å². The van der Waals surface area contributed by atoms with Crippen LogP contribution in [0.4, 0.5) is 5.69 Å². The van der Waals surface area contributed by atoms with Crippen molar-refractivity contribution in [2.75, 3.05) is 18.9 Å². The van der Waals surface area contributed by atoms with Gasteiger partial charge in [0.2, 0.25) is 0 Å². The molecule has 104 valence electrons. The molecule has 4 nitrogen and oxygen atoms in total. The zero-order chi connectivity index (χ0) is 13.8. The number of carbonyl (C=O) groups excluding carboxylic acids is 1. The van der Waals surface area contributed by atoms with Gasteiger partial charge in [-0.1, -0.05) is 19.9 Å². The molecule has 2 atom stereocenters. The first kappa shape index (κ1) is 13.9. The van der Waals surface area contributed by atoms with Crippen molar-refractivity contribution in [3.05, 3.63) is 29.8 Å². The van der Waals surface area contributed by atoms with Crippen LogP contribution in [0, 0.1) is 11.8 Å². The van der Waals surface area contributed by atoms with Crippen LogP contribution in [0.25, 0.3) is 0 Å². The fraction of sp³-hybridized carbons (Fsp3) is 0.533. The number of amides is 1. The summed E-state index contributed by atoms with van der Waals surface area (Å²) in [6.45, 7) is 5.77. The summed E-state index contributed by atoms with van der Waals surface area (Å²) >= 11 is 0. The van der Waals surface area contributed by atoms with Gasteiger partial charge in [-0.2, -0.15) is 0 Å². The van der Waals surface area contributed by atoms with Crippen molar-refractivity contribution >= 4 is 11.6 Å². The molecular formula is C15H22N2O2. The molecule has 0 spiro atoms. The molecule has 1 aliphatic heterocycles. The largest absolute Gasteiger partial charge is 0.399 e. The quantitative estimate of drug-likeness (QED) is 0.816. The zero-order valence-corrected chi connectivity index (χ0v) is 11.6. The summed E-state index contributed by atoms with van der Waals surface area (Å²) in [7, 11) is 0. The minimum Gasteiger partial charge on any atom is -0.399 e. The molecule has 2 rings (SSSR count). The van der Waals surface area contributed by atoms with Gasteiger partial charge in [-0.05, 0) is 30.5 Å². The lowest BCUT2D eigenvalue weighted by Crippen LogP contribution is -2.34. The number of carbonyl (C=O) groups is 1. The Hall–Kier alpha value is -1.55. The van der Waals surface area contributed by atoms with E-state index in [0.29, 0.717) is 29.6 Å². The summed E-state index contributed by atoms with van der Waals surface area (Å²) in [5.74, 6) is 0.823. The number of nitrogens with two attached hydrogens (primary N) is 1. The number of anilines is 1. The molecule has 0 radical (unpaired) electrons. The molecule has 1 amide bonds. The van der Waals surface area contributed by atoms with Crippen LogP contribution < -0.4 is 11.1 Å². The smallest absolute Gasteiger partial charge is 0.251 e. The maximum atomic E-state index is 12.0. The summed E-state index contributed by atoms with van der Waals surface area (Å²) in [5.41, 5.74) is 6.90. The first-order valence-electron chi connectivity index (χ1n) is 6.83. The molecule has 1 aliphatic rings. The van der Waals surface area contributed by atoms with Gasteiger partial charge in [-0.3, -0.25) is 4.79 Å². The minimum absolute atomic E-state index is 0.0679. The maximum absolute atomic E-state index is 12.0. The van der Waals surface area contributed by atoms with E-state index < -0.39 is 0 Å².